The Kier molecular flexibility index (Phi) is 3.68. The number of carbonyl (C=O) groups excluding carboxylic acids is 2. The molecule has 5 heteroatoms. The van der Waals surface area contributed by atoms with Crippen molar-refractivity contribution >= 4 is 17.5 Å². The van der Waals surface area contributed by atoms with Crippen molar-refractivity contribution in [3.05, 3.63) is 24.3 Å². The monoisotopic (exact) mass is 208 g/mol. The molecule has 80 valence electrons. The van der Waals surface area contributed by atoms with Gasteiger partial charge in [-0.25, -0.2) is 0 Å². The van der Waals surface area contributed by atoms with Crippen LogP contribution >= 0.6 is 0 Å². The van der Waals surface area contributed by atoms with E-state index in [9.17, 15) is 9.59 Å². The fourth-order valence-corrected chi connectivity index (χ4v) is 1.04. The number of hydrogen-bond acceptors (Lipinski definition) is 3. The number of likely N-dealkylation sites (N-methyl/N-ethyl adjacent to an activating group) is 1. The van der Waals surface area contributed by atoms with Crippen molar-refractivity contribution in [1.29, 1.82) is 0 Å². The molecular weight excluding hydrogens is 196 g/mol. The minimum Gasteiger partial charge on any atom is -0.495 e. The summed E-state index contributed by atoms with van der Waals surface area (Å²) >= 11 is 0. The zero-order valence-electron chi connectivity index (χ0n) is 8.53. The summed E-state index contributed by atoms with van der Waals surface area (Å²) in [6, 6.07) is 6.86. The summed E-state index contributed by atoms with van der Waals surface area (Å²) in [6.45, 7) is 0. The second-order valence-electron chi connectivity index (χ2n) is 2.73. The van der Waals surface area contributed by atoms with Crippen LogP contribution in [0, 0.1) is 0 Å². The van der Waals surface area contributed by atoms with Crippen LogP contribution in [-0.4, -0.2) is 26.0 Å². The predicted octanol–water partition coefficient (Wildman–Crippen LogP) is 0.380. The van der Waals surface area contributed by atoms with E-state index in [4.69, 9.17) is 4.74 Å². The SMILES string of the molecule is CNC(=O)C(=O)Nc1ccccc1OC. The predicted molar refractivity (Wildman–Crippen MR) is 55.7 cm³/mol. The molecule has 0 unspecified atom stereocenters. The molecule has 2 amide bonds. The number of amides is 2. The summed E-state index contributed by atoms with van der Waals surface area (Å²) in [5, 5.41) is 4.67. The summed E-state index contributed by atoms with van der Waals surface area (Å²) in [6.07, 6.45) is 0. The van der Waals surface area contributed by atoms with E-state index < -0.39 is 11.8 Å². The zero-order valence-corrected chi connectivity index (χ0v) is 8.53. The fraction of sp³-hybridized carbons (Fsp3) is 0.200. The van der Waals surface area contributed by atoms with Crippen LogP contribution < -0.4 is 15.4 Å². The standard InChI is InChI=1S/C10H12N2O3/c1-11-9(13)10(14)12-7-5-3-4-6-8(7)15-2/h3-6H,1-2H3,(H,11,13)(H,12,14). The van der Waals surface area contributed by atoms with E-state index in [1.165, 1.54) is 14.2 Å². The van der Waals surface area contributed by atoms with Gasteiger partial charge < -0.3 is 15.4 Å². The molecule has 15 heavy (non-hydrogen) atoms. The maximum absolute atomic E-state index is 11.2. The topological polar surface area (TPSA) is 67.4 Å². The third-order valence-electron chi connectivity index (χ3n) is 1.79. The van der Waals surface area contributed by atoms with Gasteiger partial charge in [0.15, 0.2) is 0 Å². The van der Waals surface area contributed by atoms with E-state index in [1.54, 1.807) is 24.3 Å². The highest BCUT2D eigenvalue weighted by molar-refractivity contribution is 6.39. The number of anilines is 1. The maximum atomic E-state index is 11.2. The number of para-hydroxylation sites is 2. The van der Waals surface area contributed by atoms with Crippen LogP contribution in [0.3, 0.4) is 0 Å². The van der Waals surface area contributed by atoms with Crippen molar-refractivity contribution in [1.82, 2.24) is 5.32 Å². The number of nitrogens with one attached hydrogen (secondary N) is 2. The van der Waals surface area contributed by atoms with Crippen LogP contribution in [0.2, 0.25) is 0 Å². The number of hydrogen-bond donors (Lipinski definition) is 2. The summed E-state index contributed by atoms with van der Waals surface area (Å²) in [5.74, 6) is -0.905. The Hall–Kier alpha value is -2.04. The molecule has 0 fully saturated rings. The second-order valence-corrected chi connectivity index (χ2v) is 2.73. The Morgan fingerprint density at radius 1 is 1.20 bits per heavy atom. The van der Waals surface area contributed by atoms with Crippen molar-refractivity contribution < 1.29 is 14.3 Å². The number of ether oxygens (including phenoxy) is 1. The molecule has 0 aliphatic rings. The highest BCUT2D eigenvalue weighted by atomic mass is 16.5. The quantitative estimate of drug-likeness (QED) is 0.690. The molecule has 0 bridgehead atoms. The van der Waals surface area contributed by atoms with Gasteiger partial charge in [-0.15, -0.1) is 0 Å². The third kappa shape index (κ3) is 2.70. The lowest BCUT2D eigenvalue weighted by Crippen LogP contribution is -2.32. The molecule has 0 radical (unpaired) electrons. The number of rotatable bonds is 2. The van der Waals surface area contributed by atoms with Crippen LogP contribution in [0.1, 0.15) is 0 Å². The number of methoxy groups -OCH3 is 1. The first-order valence-electron chi connectivity index (χ1n) is 4.35. The minimum atomic E-state index is -0.720. The van der Waals surface area contributed by atoms with Crippen molar-refractivity contribution in [3.63, 3.8) is 0 Å². The molecule has 0 heterocycles. The molecule has 2 N–H and O–H groups in total. The minimum absolute atomic E-state index is 0.466. The van der Waals surface area contributed by atoms with Gasteiger partial charge in [-0.05, 0) is 12.1 Å². The van der Waals surface area contributed by atoms with Gasteiger partial charge in [0.25, 0.3) is 0 Å². The van der Waals surface area contributed by atoms with E-state index in [2.05, 4.69) is 10.6 Å². The molecule has 1 rings (SSSR count). The second kappa shape index (κ2) is 4.99. The first kappa shape index (κ1) is 11.0. The Morgan fingerprint density at radius 2 is 1.87 bits per heavy atom. The first-order valence-corrected chi connectivity index (χ1v) is 4.35. The molecule has 5 nitrogen and oxygen atoms in total. The molecule has 0 atom stereocenters. The van der Waals surface area contributed by atoms with Crippen molar-refractivity contribution in [3.8, 4) is 5.75 Å². The average Bonchev–Trinajstić information content (AvgIpc) is 2.28. The van der Waals surface area contributed by atoms with Crippen LogP contribution in [0.15, 0.2) is 24.3 Å². The molecule has 0 spiro atoms. The van der Waals surface area contributed by atoms with E-state index >= 15 is 0 Å². The Bertz CT molecular complexity index is 377. The smallest absolute Gasteiger partial charge is 0.313 e. The lowest BCUT2D eigenvalue weighted by Gasteiger charge is -2.08. The zero-order chi connectivity index (χ0) is 11.3. The van der Waals surface area contributed by atoms with E-state index in [-0.39, 0.29) is 0 Å². The summed E-state index contributed by atoms with van der Waals surface area (Å²) < 4.78 is 5.01. The van der Waals surface area contributed by atoms with Gasteiger partial charge in [-0.3, -0.25) is 9.59 Å². The molecule has 0 aromatic heterocycles. The van der Waals surface area contributed by atoms with Crippen LogP contribution in [0.5, 0.6) is 5.75 Å². The summed E-state index contributed by atoms with van der Waals surface area (Å²) in [7, 11) is 2.88. The molecule has 1 aromatic rings. The van der Waals surface area contributed by atoms with E-state index in [0.717, 1.165) is 0 Å². The lowest BCUT2D eigenvalue weighted by atomic mass is 10.3. The van der Waals surface area contributed by atoms with Crippen LogP contribution in [-0.2, 0) is 9.59 Å². The Labute approximate surface area is 87.4 Å². The van der Waals surface area contributed by atoms with Gasteiger partial charge in [0.1, 0.15) is 5.75 Å². The highest BCUT2D eigenvalue weighted by Gasteiger charge is 2.13. The molecule has 0 aliphatic carbocycles. The van der Waals surface area contributed by atoms with Gasteiger partial charge in [0.05, 0.1) is 12.8 Å². The summed E-state index contributed by atoms with van der Waals surface area (Å²) in [5.41, 5.74) is 0.466. The molecule has 0 saturated heterocycles. The maximum Gasteiger partial charge on any atom is 0.313 e. The normalized spacial score (nSPS) is 9.20. The Morgan fingerprint density at radius 3 is 2.47 bits per heavy atom. The molecular formula is C10H12N2O3. The van der Waals surface area contributed by atoms with Gasteiger partial charge >= 0.3 is 11.8 Å². The third-order valence-corrected chi connectivity index (χ3v) is 1.79. The Balaban J connectivity index is 2.80. The first-order chi connectivity index (χ1) is 7.19. The van der Waals surface area contributed by atoms with Crippen LogP contribution in [0.25, 0.3) is 0 Å². The number of carbonyl (C=O) groups is 2. The van der Waals surface area contributed by atoms with Gasteiger partial charge in [0.2, 0.25) is 0 Å². The van der Waals surface area contributed by atoms with E-state index in [0.29, 0.717) is 11.4 Å². The summed E-state index contributed by atoms with van der Waals surface area (Å²) in [4.78, 5) is 22.2. The molecule has 0 saturated carbocycles. The van der Waals surface area contributed by atoms with Crippen molar-refractivity contribution in [2.24, 2.45) is 0 Å². The fourth-order valence-electron chi connectivity index (χ4n) is 1.04. The van der Waals surface area contributed by atoms with Gasteiger partial charge in [0, 0.05) is 7.05 Å². The van der Waals surface area contributed by atoms with Gasteiger partial charge in [-0.2, -0.15) is 0 Å². The molecule has 1 aromatic carbocycles. The molecule has 0 aliphatic heterocycles. The lowest BCUT2D eigenvalue weighted by molar-refractivity contribution is -0.135. The average molecular weight is 208 g/mol. The van der Waals surface area contributed by atoms with Crippen LogP contribution in [0.4, 0.5) is 5.69 Å². The number of benzene rings is 1. The van der Waals surface area contributed by atoms with Crippen molar-refractivity contribution in [2.75, 3.05) is 19.5 Å². The van der Waals surface area contributed by atoms with Gasteiger partial charge in [-0.1, -0.05) is 12.1 Å². The van der Waals surface area contributed by atoms with E-state index in [1.807, 2.05) is 0 Å². The highest BCUT2D eigenvalue weighted by Crippen LogP contribution is 2.22. The largest absolute Gasteiger partial charge is 0.495 e. The van der Waals surface area contributed by atoms with Crippen molar-refractivity contribution in [2.45, 2.75) is 0 Å².